The Morgan fingerprint density at radius 3 is 2.21 bits per heavy atom. The van der Waals surface area contributed by atoms with Crippen LogP contribution in [0.4, 0.5) is 5.69 Å². The van der Waals surface area contributed by atoms with Gasteiger partial charge in [-0.3, -0.25) is 9.63 Å². The molecule has 0 N–H and O–H groups in total. The largest absolute Gasteiger partial charge is 0.496 e. The number of hydroxylamine groups is 1. The summed E-state index contributed by atoms with van der Waals surface area (Å²) in [4.78, 5) is 32.9. The SMILES string of the molecule is CCOC(=O)[C@@H]1[C@H](C(=O)OCC)ON(c2cccc(C)c2)[C@H]1c1cc(C(C)(C)c2ccccc2)ccc1OC. The van der Waals surface area contributed by atoms with E-state index in [2.05, 4.69) is 26.0 Å². The Morgan fingerprint density at radius 1 is 0.872 bits per heavy atom. The van der Waals surface area contributed by atoms with E-state index in [-0.39, 0.29) is 18.6 Å². The quantitative estimate of drug-likeness (QED) is 0.317. The van der Waals surface area contributed by atoms with E-state index in [1.807, 2.05) is 67.6 Å². The molecule has 0 unspecified atom stereocenters. The highest BCUT2D eigenvalue weighted by Crippen LogP contribution is 2.47. The minimum Gasteiger partial charge on any atom is -0.496 e. The van der Waals surface area contributed by atoms with E-state index >= 15 is 0 Å². The fourth-order valence-electron chi connectivity index (χ4n) is 5.15. The second kappa shape index (κ2) is 11.9. The molecule has 3 aromatic rings. The summed E-state index contributed by atoms with van der Waals surface area (Å²) in [6, 6.07) is 23.2. The number of anilines is 1. The lowest BCUT2D eigenvalue weighted by Gasteiger charge is -2.31. The van der Waals surface area contributed by atoms with Gasteiger partial charge in [0.1, 0.15) is 17.7 Å². The van der Waals surface area contributed by atoms with E-state index in [0.717, 1.165) is 16.7 Å². The Balaban J connectivity index is 1.93. The summed E-state index contributed by atoms with van der Waals surface area (Å²) < 4.78 is 16.6. The van der Waals surface area contributed by atoms with Crippen molar-refractivity contribution < 1.29 is 28.6 Å². The van der Waals surface area contributed by atoms with Crippen molar-refractivity contribution >= 4 is 17.6 Å². The van der Waals surface area contributed by atoms with E-state index in [4.69, 9.17) is 19.0 Å². The molecule has 0 aromatic heterocycles. The number of benzene rings is 3. The minimum atomic E-state index is -1.19. The van der Waals surface area contributed by atoms with E-state index in [1.54, 1.807) is 26.0 Å². The third-order valence-electron chi connectivity index (χ3n) is 7.25. The summed E-state index contributed by atoms with van der Waals surface area (Å²) in [5.41, 5.74) is 4.24. The molecule has 0 saturated carbocycles. The third-order valence-corrected chi connectivity index (χ3v) is 7.25. The molecule has 1 aliphatic rings. The number of carbonyl (C=O) groups is 2. The maximum atomic E-state index is 13.5. The van der Waals surface area contributed by atoms with Crippen LogP contribution in [0.25, 0.3) is 0 Å². The molecule has 206 valence electrons. The maximum Gasteiger partial charge on any atom is 0.339 e. The minimum absolute atomic E-state index is 0.160. The van der Waals surface area contributed by atoms with Gasteiger partial charge in [0.05, 0.1) is 26.0 Å². The Morgan fingerprint density at radius 2 is 1.56 bits per heavy atom. The summed E-state index contributed by atoms with van der Waals surface area (Å²) in [6.45, 7) is 10.1. The molecule has 0 spiro atoms. The van der Waals surface area contributed by atoms with E-state index < -0.39 is 30.0 Å². The average Bonchev–Trinajstić information content (AvgIpc) is 3.34. The van der Waals surface area contributed by atoms with Crippen molar-refractivity contribution in [3.8, 4) is 5.75 Å². The molecule has 3 atom stereocenters. The summed E-state index contributed by atoms with van der Waals surface area (Å²) in [5.74, 6) is -1.57. The highest BCUT2D eigenvalue weighted by molar-refractivity contribution is 5.86. The second-order valence-corrected chi connectivity index (χ2v) is 10.1. The molecule has 1 fully saturated rings. The van der Waals surface area contributed by atoms with Crippen LogP contribution in [0, 0.1) is 12.8 Å². The molecular formula is C32H37NO6. The van der Waals surface area contributed by atoms with E-state index in [9.17, 15) is 9.59 Å². The molecule has 0 aliphatic carbocycles. The molecule has 0 bridgehead atoms. The highest BCUT2D eigenvalue weighted by atomic mass is 16.7. The van der Waals surface area contributed by atoms with Gasteiger partial charge in [0.15, 0.2) is 6.10 Å². The topological polar surface area (TPSA) is 74.3 Å². The van der Waals surface area contributed by atoms with Crippen LogP contribution in [0.2, 0.25) is 0 Å². The highest BCUT2D eigenvalue weighted by Gasteiger charge is 2.54. The molecule has 4 rings (SSSR count). The molecule has 1 aliphatic heterocycles. The van der Waals surface area contributed by atoms with Crippen molar-refractivity contribution in [2.24, 2.45) is 5.92 Å². The zero-order chi connectivity index (χ0) is 28.2. The van der Waals surface area contributed by atoms with Gasteiger partial charge in [-0.2, -0.15) is 0 Å². The Labute approximate surface area is 230 Å². The number of esters is 2. The summed E-state index contributed by atoms with van der Waals surface area (Å²) in [7, 11) is 1.59. The molecule has 3 aromatic carbocycles. The lowest BCUT2D eigenvalue weighted by Crippen LogP contribution is -2.36. The van der Waals surface area contributed by atoms with Crippen LogP contribution in [0.3, 0.4) is 0 Å². The van der Waals surface area contributed by atoms with Gasteiger partial charge in [-0.15, -0.1) is 0 Å². The molecule has 1 saturated heterocycles. The lowest BCUT2D eigenvalue weighted by molar-refractivity contribution is -0.164. The monoisotopic (exact) mass is 531 g/mol. The van der Waals surface area contributed by atoms with Crippen LogP contribution >= 0.6 is 0 Å². The number of rotatable bonds is 9. The van der Waals surface area contributed by atoms with Crippen molar-refractivity contribution in [3.63, 3.8) is 0 Å². The number of ether oxygens (including phenoxy) is 3. The zero-order valence-corrected chi connectivity index (χ0v) is 23.5. The molecule has 1 heterocycles. The molecule has 0 amide bonds. The zero-order valence-electron chi connectivity index (χ0n) is 23.5. The van der Waals surface area contributed by atoms with Crippen molar-refractivity contribution in [2.75, 3.05) is 25.4 Å². The van der Waals surface area contributed by atoms with Gasteiger partial charge in [-0.25, -0.2) is 9.86 Å². The molecule has 39 heavy (non-hydrogen) atoms. The van der Waals surface area contributed by atoms with Gasteiger partial charge in [-0.05, 0) is 61.7 Å². The molecule has 7 heteroatoms. The van der Waals surface area contributed by atoms with Crippen molar-refractivity contribution in [1.29, 1.82) is 0 Å². The Hall–Kier alpha value is -3.84. The predicted octanol–water partition coefficient (Wildman–Crippen LogP) is 5.93. The first kappa shape index (κ1) is 28.2. The normalized spacial score (nSPS) is 19.0. The fraction of sp³-hybridized carbons (Fsp3) is 0.375. The first-order valence-electron chi connectivity index (χ1n) is 13.3. The van der Waals surface area contributed by atoms with Crippen LogP contribution in [-0.2, 0) is 29.3 Å². The predicted molar refractivity (Wildman–Crippen MR) is 150 cm³/mol. The van der Waals surface area contributed by atoms with Gasteiger partial charge in [0.2, 0.25) is 0 Å². The third kappa shape index (κ3) is 5.64. The van der Waals surface area contributed by atoms with Crippen LogP contribution < -0.4 is 9.80 Å². The number of hydrogen-bond acceptors (Lipinski definition) is 7. The smallest absolute Gasteiger partial charge is 0.339 e. The summed E-state index contributed by atoms with van der Waals surface area (Å²) in [6.07, 6.45) is -1.19. The number of hydrogen-bond donors (Lipinski definition) is 0. The molecule has 7 nitrogen and oxygen atoms in total. The van der Waals surface area contributed by atoms with Crippen LogP contribution in [0.15, 0.2) is 72.8 Å². The summed E-state index contributed by atoms with van der Waals surface area (Å²) in [5, 5.41) is 1.63. The number of methoxy groups -OCH3 is 1. The maximum absolute atomic E-state index is 13.5. The van der Waals surface area contributed by atoms with Crippen LogP contribution in [-0.4, -0.2) is 38.4 Å². The first-order valence-corrected chi connectivity index (χ1v) is 13.3. The number of aryl methyl sites for hydroxylation is 1. The van der Waals surface area contributed by atoms with Gasteiger partial charge in [0, 0.05) is 11.0 Å². The Kier molecular flexibility index (Phi) is 8.60. The first-order chi connectivity index (χ1) is 18.7. The van der Waals surface area contributed by atoms with E-state index in [0.29, 0.717) is 17.0 Å². The fourth-order valence-corrected chi connectivity index (χ4v) is 5.15. The standard InChI is InChI=1S/C32H37NO6/c1-7-37-30(34)27-28(33(24-16-12-13-21(3)19-24)39-29(27)31(35)38-8-2)25-20-23(17-18-26(25)36-6)32(4,5)22-14-10-9-11-15-22/h9-20,27-29H,7-8H2,1-6H3/t27-,28-,29+/m0/s1. The molecular weight excluding hydrogens is 494 g/mol. The number of nitrogens with zero attached hydrogens (tertiary/aromatic N) is 1. The van der Waals surface area contributed by atoms with Gasteiger partial charge < -0.3 is 14.2 Å². The van der Waals surface area contributed by atoms with Crippen molar-refractivity contribution in [2.45, 2.75) is 52.2 Å². The van der Waals surface area contributed by atoms with Gasteiger partial charge in [-0.1, -0.05) is 62.4 Å². The van der Waals surface area contributed by atoms with E-state index in [1.165, 1.54) is 0 Å². The second-order valence-electron chi connectivity index (χ2n) is 10.1. The van der Waals surface area contributed by atoms with Crippen molar-refractivity contribution in [3.05, 3.63) is 95.1 Å². The Bertz CT molecular complexity index is 1310. The lowest BCUT2D eigenvalue weighted by atomic mass is 9.76. The van der Waals surface area contributed by atoms with Crippen LogP contribution in [0.1, 0.15) is 56.0 Å². The average molecular weight is 532 g/mol. The number of carbonyl (C=O) groups excluding carboxylic acids is 2. The van der Waals surface area contributed by atoms with Crippen molar-refractivity contribution in [1.82, 2.24) is 0 Å². The molecule has 0 radical (unpaired) electrons. The van der Waals surface area contributed by atoms with Crippen LogP contribution in [0.5, 0.6) is 5.75 Å². The van der Waals surface area contributed by atoms with Gasteiger partial charge in [0.25, 0.3) is 0 Å². The van der Waals surface area contributed by atoms with Gasteiger partial charge >= 0.3 is 11.9 Å². The summed E-state index contributed by atoms with van der Waals surface area (Å²) >= 11 is 0.